The van der Waals surface area contributed by atoms with Crippen molar-refractivity contribution in [3.63, 3.8) is 0 Å². The second-order valence-electron chi connectivity index (χ2n) is 19.3. The summed E-state index contributed by atoms with van der Waals surface area (Å²) in [5.41, 5.74) is 5.82. The van der Waals surface area contributed by atoms with Crippen molar-refractivity contribution in [3.05, 3.63) is 106 Å². The summed E-state index contributed by atoms with van der Waals surface area (Å²) < 4.78 is 51.5. The number of amides is 6. The van der Waals surface area contributed by atoms with Crippen LogP contribution in [0.3, 0.4) is 0 Å². The number of rotatable bonds is 12. The molecule has 2 unspecified atom stereocenters. The third-order valence-electron chi connectivity index (χ3n) is 14.7. The third-order valence-corrected chi connectivity index (χ3v) is 15.5. The van der Waals surface area contributed by atoms with Crippen molar-refractivity contribution in [3.8, 4) is 11.1 Å². The lowest BCUT2D eigenvalue weighted by Gasteiger charge is -2.40. The van der Waals surface area contributed by atoms with Gasteiger partial charge in [0.15, 0.2) is 17.0 Å². The number of carbonyl (C=O) groups is 5. The molecule has 3 aromatic heterocycles. The maximum atomic E-state index is 16.1. The Balaban J connectivity index is 0.707. The molecule has 0 spiro atoms. The van der Waals surface area contributed by atoms with Gasteiger partial charge in [0.05, 0.1) is 48.8 Å². The molecule has 11 rings (SSSR count). The third kappa shape index (κ3) is 8.75. The molecule has 17 nitrogen and oxygen atoms in total. The fourth-order valence-electron chi connectivity index (χ4n) is 11.0. The number of likely N-dealkylation sites (tertiary alicyclic amines) is 1. The minimum Gasteiger partial charge on any atom is -0.368 e. The van der Waals surface area contributed by atoms with Crippen LogP contribution in [0.4, 0.5) is 34.6 Å². The number of benzene rings is 3. The number of halogens is 3. The van der Waals surface area contributed by atoms with Crippen LogP contribution in [0.2, 0.25) is 0 Å². The Morgan fingerprint density at radius 2 is 1.76 bits per heavy atom. The lowest BCUT2D eigenvalue weighted by molar-refractivity contribution is -0.136. The Hall–Kier alpha value is -7.13. The number of aryl methyl sites for hydroxylation is 3. The highest BCUT2D eigenvalue weighted by Crippen LogP contribution is 2.43. The normalized spacial score (nSPS) is 19.5. The molecule has 5 aliphatic rings. The van der Waals surface area contributed by atoms with Gasteiger partial charge in [-0.25, -0.2) is 27.9 Å². The number of alkyl halides is 2. The second-order valence-corrected chi connectivity index (χ2v) is 20.1. The number of aromatic nitrogens is 5. The van der Waals surface area contributed by atoms with Crippen LogP contribution < -0.4 is 20.4 Å². The summed E-state index contributed by atoms with van der Waals surface area (Å²) in [6.07, 6.45) is 5.27. The van der Waals surface area contributed by atoms with E-state index in [-0.39, 0.29) is 55.4 Å². The lowest BCUT2D eigenvalue weighted by atomic mass is 9.85. The van der Waals surface area contributed by atoms with Crippen molar-refractivity contribution in [1.29, 1.82) is 0 Å². The smallest absolute Gasteiger partial charge is 0.329 e. The molecular weight excluding hydrogens is 950 g/mol. The monoisotopic (exact) mass is 1000 g/mol. The van der Waals surface area contributed by atoms with E-state index in [1.807, 2.05) is 34.2 Å². The first-order valence-electron chi connectivity index (χ1n) is 24.5. The maximum Gasteiger partial charge on any atom is 0.329 e. The second kappa shape index (κ2) is 18.8. The van der Waals surface area contributed by atoms with E-state index in [1.54, 1.807) is 47.2 Å². The number of hydrogen-bond acceptors (Lipinski definition) is 11. The van der Waals surface area contributed by atoms with Gasteiger partial charge in [0.1, 0.15) is 5.82 Å². The van der Waals surface area contributed by atoms with Gasteiger partial charge in [-0.1, -0.05) is 31.5 Å². The number of nitrogens with one attached hydrogen (secondary N) is 2. The fraction of sp³-hybridized carbons (Fsp3) is 0.412. The van der Waals surface area contributed by atoms with Gasteiger partial charge >= 0.3 is 6.03 Å². The topological polar surface area (TPSA) is 174 Å². The van der Waals surface area contributed by atoms with E-state index in [1.165, 1.54) is 32.1 Å². The van der Waals surface area contributed by atoms with Crippen molar-refractivity contribution in [2.75, 3.05) is 67.5 Å². The first-order chi connectivity index (χ1) is 34.7. The van der Waals surface area contributed by atoms with Crippen molar-refractivity contribution >= 4 is 68.5 Å². The number of fused-ring (bicyclic) bond motifs is 3. The van der Waals surface area contributed by atoms with E-state index in [4.69, 9.17) is 0 Å². The molecule has 3 saturated heterocycles. The Morgan fingerprint density at radius 3 is 2.53 bits per heavy atom. The van der Waals surface area contributed by atoms with Crippen LogP contribution in [0.1, 0.15) is 83.1 Å². The van der Waals surface area contributed by atoms with Crippen molar-refractivity contribution in [2.24, 2.45) is 7.05 Å². The molecule has 0 saturated carbocycles. The molecular formula is C51H53F3N12O5S. The molecule has 2 atom stereocenters. The highest BCUT2D eigenvalue weighted by molar-refractivity contribution is 7.13. The molecule has 8 heterocycles. The van der Waals surface area contributed by atoms with Crippen LogP contribution >= 0.6 is 11.3 Å². The number of carbonyl (C=O) groups excluding carboxylic acids is 5. The molecule has 2 N–H and O–H groups in total. The number of hydrogen-bond donors (Lipinski definition) is 2. The summed E-state index contributed by atoms with van der Waals surface area (Å²) in [7, 11) is 1.68. The van der Waals surface area contributed by atoms with Gasteiger partial charge in [-0.3, -0.25) is 44.3 Å². The average Bonchev–Trinajstić information content (AvgIpc) is 4.21. The maximum absolute atomic E-state index is 16.1. The van der Waals surface area contributed by atoms with Gasteiger partial charge < -0.3 is 19.3 Å². The first-order valence-corrected chi connectivity index (χ1v) is 25.3. The zero-order valence-electron chi connectivity index (χ0n) is 39.9. The highest BCUT2D eigenvalue weighted by Gasteiger charge is 2.46. The summed E-state index contributed by atoms with van der Waals surface area (Å²) in [6, 6.07) is 14.0. The Bertz CT molecular complexity index is 3150. The minimum absolute atomic E-state index is 0.0932. The minimum atomic E-state index is -3.11. The number of thiazole rings is 1. The van der Waals surface area contributed by atoms with E-state index < -0.39 is 48.1 Å². The molecule has 6 amide bonds. The molecule has 6 aromatic rings. The van der Waals surface area contributed by atoms with Crippen LogP contribution in [0.25, 0.3) is 22.0 Å². The molecule has 0 bridgehead atoms. The van der Waals surface area contributed by atoms with Crippen molar-refractivity contribution in [2.45, 2.75) is 76.4 Å². The Morgan fingerprint density at radius 1 is 0.958 bits per heavy atom. The zero-order chi connectivity index (χ0) is 50.0. The van der Waals surface area contributed by atoms with Gasteiger partial charge in [0.25, 0.3) is 17.7 Å². The largest absolute Gasteiger partial charge is 0.368 e. The van der Waals surface area contributed by atoms with E-state index in [9.17, 15) is 24.0 Å². The number of imide groups is 1. The van der Waals surface area contributed by atoms with E-state index >= 15 is 13.2 Å². The number of urea groups is 1. The van der Waals surface area contributed by atoms with Crippen LogP contribution in [-0.2, 0) is 47.4 Å². The molecule has 21 heteroatoms. The number of piperazine rings is 1. The predicted octanol–water partition coefficient (Wildman–Crippen LogP) is 6.49. The van der Waals surface area contributed by atoms with Crippen LogP contribution in [0.15, 0.2) is 66.3 Å². The lowest BCUT2D eigenvalue weighted by Crippen LogP contribution is -2.54. The SMILES string of the molecule is CCCc1csc(NC(=O)C(c2ncn3c2CCC3)N2Cc3c(F)cc(-c4ccc(N5CCN(C(=O)CN6CCC(c7ccc8c(N9CCC(=O)NC9=O)nn(C)c8c7)C(F)(F)C6)CC5)cc4)cc3C2=O)n1. The van der Waals surface area contributed by atoms with Crippen LogP contribution in [0.5, 0.6) is 0 Å². The molecule has 374 valence electrons. The Kier molecular flexibility index (Phi) is 12.3. The molecule has 3 fully saturated rings. The molecule has 72 heavy (non-hydrogen) atoms. The van der Waals surface area contributed by atoms with Crippen LogP contribution in [0, 0.1) is 5.82 Å². The van der Waals surface area contributed by atoms with Crippen LogP contribution in [-0.4, -0.2) is 127 Å². The fourth-order valence-corrected chi connectivity index (χ4v) is 11.7. The van der Waals surface area contributed by atoms with E-state index in [0.29, 0.717) is 83.4 Å². The molecule has 0 radical (unpaired) electrons. The summed E-state index contributed by atoms with van der Waals surface area (Å²) >= 11 is 1.32. The van der Waals surface area contributed by atoms with Crippen molar-refractivity contribution in [1.82, 2.24) is 44.3 Å². The van der Waals surface area contributed by atoms with Crippen molar-refractivity contribution < 1.29 is 37.1 Å². The van der Waals surface area contributed by atoms with E-state index in [0.717, 1.165) is 42.9 Å². The molecule has 3 aromatic carbocycles. The first kappa shape index (κ1) is 47.2. The summed E-state index contributed by atoms with van der Waals surface area (Å²) in [6.45, 7) is 4.40. The number of imidazole rings is 1. The number of anilines is 3. The van der Waals surface area contributed by atoms with Gasteiger partial charge in [0.2, 0.25) is 11.8 Å². The van der Waals surface area contributed by atoms with Gasteiger partial charge in [-0.05, 0) is 85.3 Å². The number of nitrogens with zero attached hydrogens (tertiary/aromatic N) is 10. The van der Waals surface area contributed by atoms with Gasteiger partial charge in [-0.15, -0.1) is 11.3 Å². The summed E-state index contributed by atoms with van der Waals surface area (Å²) in [5.74, 6) is -5.86. The number of piperidine rings is 1. The quantitative estimate of drug-likeness (QED) is 0.138. The predicted molar refractivity (Wildman–Crippen MR) is 263 cm³/mol. The Labute approximate surface area is 416 Å². The zero-order valence-corrected chi connectivity index (χ0v) is 40.7. The highest BCUT2D eigenvalue weighted by atomic mass is 32.1. The standard InChI is InChI=1S/C51H53F3N12O5S/c1-3-5-33-27-72-49(56-33)58-47(69)45(44-40-6-4-15-64(40)29-55-44)66-25-37-36(48(66)70)22-32(23-39(37)52)30-7-10-34(11-8-30)62-18-20-63(21-19-62)43(68)26-61-16-13-38(51(53,54)28-61)31-9-12-35-41(24-31)60(2)59-46(35)65-17-14-42(67)57-50(65)71/h7-12,22-24,27,29,38,45H,3-6,13-21,25-26,28H2,1-2H3,(H,56,58,69)(H,57,67,71). The molecule has 5 aliphatic heterocycles. The van der Waals surface area contributed by atoms with Gasteiger partial charge in [0, 0.05) is 86.0 Å². The van der Waals surface area contributed by atoms with E-state index in [2.05, 4.69) is 37.5 Å². The molecule has 0 aliphatic carbocycles. The average molecular weight is 1000 g/mol. The summed E-state index contributed by atoms with van der Waals surface area (Å²) in [5, 5.41) is 12.7. The summed E-state index contributed by atoms with van der Waals surface area (Å²) in [4.78, 5) is 83.5. The van der Waals surface area contributed by atoms with Gasteiger partial charge in [-0.2, -0.15) is 5.10 Å².